The van der Waals surface area contributed by atoms with Gasteiger partial charge in [0.1, 0.15) is 0 Å². The van der Waals surface area contributed by atoms with Gasteiger partial charge >= 0.3 is 0 Å². The molecule has 2 heteroatoms. The molecule has 1 aliphatic rings. The predicted molar refractivity (Wildman–Crippen MR) is 50.9 cm³/mol. The zero-order chi connectivity index (χ0) is 8.81. The van der Waals surface area contributed by atoms with Crippen molar-refractivity contribution in [2.75, 3.05) is 6.61 Å². The van der Waals surface area contributed by atoms with Crippen LogP contribution in [0.4, 0.5) is 0 Å². The van der Waals surface area contributed by atoms with Crippen molar-refractivity contribution in [3.63, 3.8) is 0 Å². The summed E-state index contributed by atoms with van der Waals surface area (Å²) in [4.78, 5) is 0. The van der Waals surface area contributed by atoms with Crippen LogP contribution >= 0.6 is 0 Å². The van der Waals surface area contributed by atoms with E-state index in [1.165, 1.54) is 38.5 Å². The van der Waals surface area contributed by atoms with Gasteiger partial charge in [0.25, 0.3) is 0 Å². The number of rotatable bonds is 4. The fraction of sp³-hybridized carbons (Fsp3) is 1.00. The fourth-order valence-corrected chi connectivity index (χ4v) is 2.02. The highest BCUT2D eigenvalue weighted by Gasteiger charge is 2.13. The maximum atomic E-state index is 8.74. The Morgan fingerprint density at radius 3 is 2.50 bits per heavy atom. The number of aliphatic hydroxyl groups excluding tert-OH is 1. The second-order valence-corrected chi connectivity index (χ2v) is 4.02. The Morgan fingerprint density at radius 2 is 1.92 bits per heavy atom. The Labute approximate surface area is 75.2 Å². The largest absolute Gasteiger partial charge is 0.395 e. The van der Waals surface area contributed by atoms with E-state index >= 15 is 0 Å². The molecule has 12 heavy (non-hydrogen) atoms. The van der Waals surface area contributed by atoms with Crippen LogP contribution in [0.3, 0.4) is 0 Å². The van der Waals surface area contributed by atoms with E-state index in [9.17, 15) is 0 Å². The van der Waals surface area contributed by atoms with Gasteiger partial charge in [-0.05, 0) is 18.8 Å². The SMILES string of the molecule is NC(CO)CCC1CCCCC1. The summed E-state index contributed by atoms with van der Waals surface area (Å²) >= 11 is 0. The van der Waals surface area contributed by atoms with Gasteiger partial charge in [-0.2, -0.15) is 0 Å². The summed E-state index contributed by atoms with van der Waals surface area (Å²) in [6.07, 6.45) is 9.22. The van der Waals surface area contributed by atoms with E-state index in [1.54, 1.807) is 0 Å². The van der Waals surface area contributed by atoms with E-state index in [0.29, 0.717) is 0 Å². The molecule has 1 aliphatic carbocycles. The lowest BCUT2D eigenvalue weighted by Gasteiger charge is -2.22. The molecule has 1 unspecified atom stereocenters. The Bertz CT molecular complexity index is 110. The Balaban J connectivity index is 2.05. The predicted octanol–water partition coefficient (Wildman–Crippen LogP) is 1.67. The molecule has 0 amide bonds. The molecule has 1 saturated carbocycles. The van der Waals surface area contributed by atoms with Crippen LogP contribution in [-0.2, 0) is 0 Å². The van der Waals surface area contributed by atoms with Crippen molar-refractivity contribution >= 4 is 0 Å². The van der Waals surface area contributed by atoms with E-state index in [1.807, 2.05) is 0 Å². The third kappa shape index (κ3) is 3.55. The molecular weight excluding hydrogens is 150 g/mol. The maximum absolute atomic E-state index is 8.74. The number of hydrogen-bond donors (Lipinski definition) is 2. The first-order valence-electron chi connectivity index (χ1n) is 5.19. The highest BCUT2D eigenvalue weighted by atomic mass is 16.3. The molecule has 0 aliphatic heterocycles. The molecule has 0 spiro atoms. The molecule has 3 N–H and O–H groups in total. The van der Waals surface area contributed by atoms with Gasteiger partial charge in [0.05, 0.1) is 6.61 Å². The summed E-state index contributed by atoms with van der Waals surface area (Å²) in [7, 11) is 0. The summed E-state index contributed by atoms with van der Waals surface area (Å²) in [5.41, 5.74) is 5.64. The minimum absolute atomic E-state index is 0.0203. The van der Waals surface area contributed by atoms with Crippen LogP contribution in [0.1, 0.15) is 44.9 Å². The molecule has 1 atom stereocenters. The van der Waals surface area contributed by atoms with Gasteiger partial charge < -0.3 is 10.8 Å². The number of hydrogen-bond acceptors (Lipinski definition) is 2. The first-order chi connectivity index (χ1) is 5.83. The van der Waals surface area contributed by atoms with Gasteiger partial charge in [0.2, 0.25) is 0 Å². The molecule has 2 nitrogen and oxygen atoms in total. The van der Waals surface area contributed by atoms with E-state index in [2.05, 4.69) is 0 Å². The number of aliphatic hydroxyl groups is 1. The summed E-state index contributed by atoms with van der Waals surface area (Å²) in [5.74, 6) is 0.899. The highest BCUT2D eigenvalue weighted by Crippen LogP contribution is 2.27. The normalized spacial score (nSPS) is 22.5. The van der Waals surface area contributed by atoms with Crippen molar-refractivity contribution in [1.82, 2.24) is 0 Å². The molecule has 0 aromatic heterocycles. The van der Waals surface area contributed by atoms with Gasteiger partial charge in [-0.1, -0.05) is 32.1 Å². The van der Waals surface area contributed by atoms with Crippen molar-refractivity contribution in [3.8, 4) is 0 Å². The quantitative estimate of drug-likeness (QED) is 0.676. The third-order valence-electron chi connectivity index (χ3n) is 2.90. The molecule has 1 rings (SSSR count). The first kappa shape index (κ1) is 10.0. The maximum Gasteiger partial charge on any atom is 0.0582 e. The molecular formula is C10H21NO. The van der Waals surface area contributed by atoms with Crippen LogP contribution in [0.15, 0.2) is 0 Å². The van der Waals surface area contributed by atoms with Crippen molar-refractivity contribution in [3.05, 3.63) is 0 Å². The fourth-order valence-electron chi connectivity index (χ4n) is 2.02. The molecule has 72 valence electrons. The molecule has 0 radical (unpaired) electrons. The van der Waals surface area contributed by atoms with Crippen LogP contribution in [0.25, 0.3) is 0 Å². The topological polar surface area (TPSA) is 46.2 Å². The minimum Gasteiger partial charge on any atom is -0.395 e. The molecule has 0 bridgehead atoms. The average molecular weight is 171 g/mol. The minimum atomic E-state index is 0.0203. The van der Waals surface area contributed by atoms with Gasteiger partial charge in [-0.25, -0.2) is 0 Å². The van der Waals surface area contributed by atoms with Crippen molar-refractivity contribution in [1.29, 1.82) is 0 Å². The molecule has 0 saturated heterocycles. The molecule has 0 aromatic rings. The van der Waals surface area contributed by atoms with Gasteiger partial charge in [-0.3, -0.25) is 0 Å². The third-order valence-corrected chi connectivity index (χ3v) is 2.90. The lowest BCUT2D eigenvalue weighted by molar-refractivity contribution is 0.243. The zero-order valence-electron chi connectivity index (χ0n) is 7.84. The Morgan fingerprint density at radius 1 is 1.25 bits per heavy atom. The number of nitrogens with two attached hydrogens (primary N) is 1. The molecule has 0 aromatic carbocycles. The second kappa shape index (κ2) is 5.55. The van der Waals surface area contributed by atoms with E-state index in [4.69, 9.17) is 10.8 Å². The van der Waals surface area contributed by atoms with Gasteiger partial charge in [0.15, 0.2) is 0 Å². The van der Waals surface area contributed by atoms with Crippen LogP contribution < -0.4 is 5.73 Å². The Kier molecular flexibility index (Phi) is 4.62. The summed E-state index contributed by atoms with van der Waals surface area (Å²) in [6.45, 7) is 0.146. The van der Waals surface area contributed by atoms with Crippen molar-refractivity contribution < 1.29 is 5.11 Å². The summed E-state index contributed by atoms with van der Waals surface area (Å²) in [5, 5.41) is 8.74. The van der Waals surface area contributed by atoms with Crippen LogP contribution in [0.5, 0.6) is 0 Å². The molecule has 0 heterocycles. The van der Waals surface area contributed by atoms with E-state index in [0.717, 1.165) is 12.3 Å². The second-order valence-electron chi connectivity index (χ2n) is 4.02. The molecule has 1 fully saturated rings. The van der Waals surface area contributed by atoms with E-state index < -0.39 is 0 Å². The lowest BCUT2D eigenvalue weighted by Crippen LogP contribution is -2.25. The van der Waals surface area contributed by atoms with Crippen LogP contribution in [0.2, 0.25) is 0 Å². The zero-order valence-corrected chi connectivity index (χ0v) is 7.84. The van der Waals surface area contributed by atoms with Crippen molar-refractivity contribution in [2.45, 2.75) is 51.0 Å². The summed E-state index contributed by atoms with van der Waals surface area (Å²) in [6, 6.07) is 0.0203. The van der Waals surface area contributed by atoms with E-state index in [-0.39, 0.29) is 12.6 Å². The van der Waals surface area contributed by atoms with Crippen molar-refractivity contribution in [2.24, 2.45) is 11.7 Å². The standard InChI is InChI=1S/C10H21NO/c11-10(8-12)7-6-9-4-2-1-3-5-9/h9-10,12H,1-8,11H2. The smallest absolute Gasteiger partial charge is 0.0582 e. The van der Waals surface area contributed by atoms with Gasteiger partial charge in [-0.15, -0.1) is 0 Å². The first-order valence-corrected chi connectivity index (χ1v) is 5.19. The van der Waals surface area contributed by atoms with Crippen LogP contribution in [0, 0.1) is 5.92 Å². The van der Waals surface area contributed by atoms with Gasteiger partial charge in [0, 0.05) is 6.04 Å². The summed E-state index contributed by atoms with van der Waals surface area (Å²) < 4.78 is 0. The Hall–Kier alpha value is -0.0800. The highest BCUT2D eigenvalue weighted by molar-refractivity contribution is 4.68. The lowest BCUT2D eigenvalue weighted by atomic mass is 9.85. The monoisotopic (exact) mass is 171 g/mol. The van der Waals surface area contributed by atoms with Crippen LogP contribution in [-0.4, -0.2) is 17.8 Å². The average Bonchev–Trinajstić information content (AvgIpc) is 2.16.